The lowest BCUT2D eigenvalue weighted by Gasteiger charge is -2.25. The maximum Gasteiger partial charge on any atom is 0.307 e. The van der Waals surface area contributed by atoms with Crippen molar-refractivity contribution in [2.45, 2.75) is 226 Å². The van der Waals surface area contributed by atoms with Gasteiger partial charge < -0.3 is 44.5 Å². The molecular weight excluding hydrogens is 937 g/mol. The molecule has 4 N–H and O–H groups in total. The van der Waals surface area contributed by atoms with Crippen LogP contribution in [-0.2, 0) is 42.9 Å². The van der Waals surface area contributed by atoms with Crippen molar-refractivity contribution in [3.63, 3.8) is 0 Å². The highest BCUT2D eigenvalue weighted by molar-refractivity contribution is 5.79. The van der Waals surface area contributed by atoms with E-state index in [9.17, 15) is 29.4 Å². The van der Waals surface area contributed by atoms with Gasteiger partial charge in [-0.25, -0.2) is 0 Å². The second-order valence-corrected chi connectivity index (χ2v) is 20.3. The molecule has 13 heteroatoms. The molecule has 0 saturated carbocycles. The van der Waals surface area contributed by atoms with Crippen molar-refractivity contribution >= 4 is 35.3 Å². The fourth-order valence-electron chi connectivity index (χ4n) is 8.81. The highest BCUT2D eigenvalue weighted by atomic mass is 16.6. The molecule has 0 amide bonds. The van der Waals surface area contributed by atoms with E-state index < -0.39 is 35.7 Å². The smallest absolute Gasteiger partial charge is 0.307 e. The third kappa shape index (κ3) is 41.3. The number of benzene rings is 1. The number of carboxylic acids is 2. The number of hydrogen-bond acceptors (Lipinski definition) is 11. The zero-order valence-electron chi connectivity index (χ0n) is 47.0. The predicted molar refractivity (Wildman–Crippen MR) is 302 cm³/mol. The maximum atomic E-state index is 12.5. The largest absolute Gasteiger partial charge is 0.481 e. The van der Waals surface area contributed by atoms with E-state index in [1.54, 1.807) is 0 Å². The Kier molecular flexibility index (Phi) is 45.9. The van der Waals surface area contributed by atoms with Crippen LogP contribution in [0.15, 0.2) is 42.5 Å². The van der Waals surface area contributed by atoms with Gasteiger partial charge in [-0.2, -0.15) is 0 Å². The molecule has 0 aliphatic rings. The Labute approximate surface area is 449 Å². The molecular formula is C61H106N2O11. The van der Waals surface area contributed by atoms with Gasteiger partial charge in [-0.3, -0.25) is 19.2 Å². The van der Waals surface area contributed by atoms with E-state index in [-0.39, 0.29) is 39.3 Å². The molecule has 2 unspecified atom stereocenters. The second kappa shape index (κ2) is 49.9. The standard InChI is InChI=1S/C61H106N2O11/c1-4-6-8-10-12-14-16-18-20-22-24-26-28-30-32-34-36-54(60(66)67)51-58(64)73-48-46-71-43-41-63(56-38-39-57(62)53(3)50-56)40-42-70-44-45-72-47-49-74-59(65)52-55(61(68)69)37-35-33-31-29-27-25-23-21-19-17-15-13-11-9-7-5-2/h32-35,38-39,50,54-55H,4-31,36-37,40-49,51-52,62H2,1-3H3,(H,66,67)(H,68,69)/b34-32+,35-33+. The van der Waals surface area contributed by atoms with Crippen LogP contribution in [-0.4, -0.2) is 100 Å². The van der Waals surface area contributed by atoms with Crippen LogP contribution in [0.25, 0.3) is 0 Å². The minimum absolute atomic E-state index is 0.0312. The molecule has 13 nitrogen and oxygen atoms in total. The Balaban J connectivity index is 2.22. The predicted octanol–water partition coefficient (Wildman–Crippen LogP) is 14.6. The summed E-state index contributed by atoms with van der Waals surface area (Å²) in [7, 11) is 0. The number of aryl methyl sites for hydroxylation is 1. The second-order valence-electron chi connectivity index (χ2n) is 20.3. The van der Waals surface area contributed by atoms with Gasteiger partial charge in [0.15, 0.2) is 0 Å². The number of carbonyl (C=O) groups excluding carboxylic acids is 2. The number of allylic oxidation sites excluding steroid dienone is 4. The number of aliphatic carboxylic acids is 2. The van der Waals surface area contributed by atoms with Gasteiger partial charge in [0.25, 0.3) is 0 Å². The minimum atomic E-state index is -1.01. The first-order chi connectivity index (χ1) is 36.1. The Morgan fingerprint density at radius 3 is 1.18 bits per heavy atom. The fraction of sp³-hybridized carbons (Fsp3) is 0.770. The zero-order valence-corrected chi connectivity index (χ0v) is 47.0. The van der Waals surface area contributed by atoms with Crippen molar-refractivity contribution in [2.75, 3.05) is 76.6 Å². The number of esters is 2. The number of nitrogens with zero attached hydrogens (tertiary/aromatic N) is 1. The fourth-order valence-corrected chi connectivity index (χ4v) is 8.81. The molecule has 0 aromatic heterocycles. The average molecular weight is 1040 g/mol. The lowest BCUT2D eigenvalue weighted by molar-refractivity contribution is -0.152. The van der Waals surface area contributed by atoms with Crippen molar-refractivity contribution in [1.29, 1.82) is 0 Å². The molecule has 0 fully saturated rings. The molecule has 2 atom stereocenters. The number of nitrogens with two attached hydrogens (primary N) is 1. The molecule has 0 aliphatic carbocycles. The first kappa shape index (κ1) is 68.1. The van der Waals surface area contributed by atoms with Crippen LogP contribution >= 0.6 is 0 Å². The summed E-state index contributed by atoms with van der Waals surface area (Å²) in [6.45, 7) is 9.36. The molecule has 1 aromatic rings. The number of carboxylic acid groups (broad SMARTS) is 2. The molecule has 0 bridgehead atoms. The summed E-state index contributed by atoms with van der Waals surface area (Å²) in [5.41, 5.74) is 8.68. The Bertz CT molecular complexity index is 1590. The van der Waals surface area contributed by atoms with Crippen molar-refractivity contribution in [3.8, 4) is 0 Å². The van der Waals surface area contributed by atoms with Crippen molar-refractivity contribution in [3.05, 3.63) is 48.1 Å². The van der Waals surface area contributed by atoms with Crippen LogP contribution in [0, 0.1) is 18.8 Å². The van der Waals surface area contributed by atoms with Gasteiger partial charge in [0.1, 0.15) is 13.2 Å². The summed E-state index contributed by atoms with van der Waals surface area (Å²) in [5, 5.41) is 19.4. The van der Waals surface area contributed by atoms with E-state index >= 15 is 0 Å². The number of ether oxygens (including phenoxy) is 5. The van der Waals surface area contributed by atoms with Crippen LogP contribution in [0.4, 0.5) is 11.4 Å². The van der Waals surface area contributed by atoms with Gasteiger partial charge in [-0.05, 0) is 69.2 Å². The Hall–Kier alpha value is -3.94. The number of nitrogen functional groups attached to an aromatic ring is 1. The number of unbranched alkanes of at least 4 members (excludes halogenated alkanes) is 26. The van der Waals surface area contributed by atoms with Gasteiger partial charge in [0, 0.05) is 24.5 Å². The molecule has 426 valence electrons. The van der Waals surface area contributed by atoms with Crippen LogP contribution in [0.2, 0.25) is 0 Å². The highest BCUT2D eigenvalue weighted by Gasteiger charge is 2.22. The normalized spacial score (nSPS) is 12.4. The van der Waals surface area contributed by atoms with E-state index in [1.165, 1.54) is 154 Å². The van der Waals surface area contributed by atoms with Crippen LogP contribution in [0.5, 0.6) is 0 Å². The third-order valence-electron chi connectivity index (χ3n) is 13.6. The van der Waals surface area contributed by atoms with Gasteiger partial charge in [-0.15, -0.1) is 0 Å². The number of rotatable bonds is 54. The van der Waals surface area contributed by atoms with Crippen LogP contribution in [0.3, 0.4) is 0 Å². The van der Waals surface area contributed by atoms with E-state index in [2.05, 4.69) is 18.7 Å². The van der Waals surface area contributed by atoms with Crippen molar-refractivity contribution in [2.24, 2.45) is 11.8 Å². The third-order valence-corrected chi connectivity index (χ3v) is 13.6. The van der Waals surface area contributed by atoms with Gasteiger partial charge in [0.05, 0.1) is 64.3 Å². The van der Waals surface area contributed by atoms with Gasteiger partial charge in [-0.1, -0.05) is 192 Å². The summed E-state index contributed by atoms with van der Waals surface area (Å²) in [4.78, 5) is 50.7. The quantitative estimate of drug-likeness (QED) is 0.0243. The number of hydrogen-bond donors (Lipinski definition) is 3. The summed E-state index contributed by atoms with van der Waals surface area (Å²) in [6, 6.07) is 5.81. The Morgan fingerprint density at radius 2 is 0.824 bits per heavy atom. The van der Waals surface area contributed by atoms with E-state index in [0.29, 0.717) is 58.0 Å². The molecule has 0 aliphatic heterocycles. The first-order valence-electron chi connectivity index (χ1n) is 29.5. The lowest BCUT2D eigenvalue weighted by atomic mass is 10.0. The van der Waals surface area contributed by atoms with E-state index in [1.807, 2.05) is 49.4 Å². The maximum absolute atomic E-state index is 12.5. The van der Waals surface area contributed by atoms with Crippen LogP contribution in [0.1, 0.15) is 225 Å². The zero-order chi connectivity index (χ0) is 54.0. The molecule has 1 aromatic carbocycles. The summed E-state index contributed by atoms with van der Waals surface area (Å²) < 4.78 is 27.8. The van der Waals surface area contributed by atoms with Gasteiger partial charge in [0.2, 0.25) is 0 Å². The molecule has 0 spiro atoms. The number of carbonyl (C=O) groups is 4. The summed E-state index contributed by atoms with van der Waals surface area (Å²) in [5.74, 6) is -4.76. The highest BCUT2D eigenvalue weighted by Crippen LogP contribution is 2.21. The average Bonchev–Trinajstić information content (AvgIpc) is 3.38. The first-order valence-corrected chi connectivity index (χ1v) is 29.5. The number of anilines is 2. The SMILES string of the molecule is CCCCCCCCCCCCCCC/C=C/CC(CC(=O)OCCOCCOCCN(CCOCCOC(=O)CC(C/C=C/CCCCCCCCCCCCCCC)C(=O)O)c1ccc(N)c(C)c1)C(=O)O. The molecule has 0 heterocycles. The lowest BCUT2D eigenvalue weighted by Crippen LogP contribution is -2.31. The minimum Gasteiger partial charge on any atom is -0.481 e. The molecule has 1 rings (SSSR count). The van der Waals surface area contributed by atoms with Crippen molar-refractivity contribution < 1.29 is 53.1 Å². The molecule has 0 saturated heterocycles. The van der Waals surface area contributed by atoms with Crippen LogP contribution < -0.4 is 10.6 Å². The molecule has 0 radical (unpaired) electrons. The summed E-state index contributed by atoms with van der Waals surface area (Å²) in [6.07, 6.45) is 43.9. The van der Waals surface area contributed by atoms with E-state index in [0.717, 1.165) is 36.9 Å². The van der Waals surface area contributed by atoms with Crippen molar-refractivity contribution in [1.82, 2.24) is 0 Å². The van der Waals surface area contributed by atoms with Gasteiger partial charge >= 0.3 is 23.9 Å². The summed E-state index contributed by atoms with van der Waals surface area (Å²) >= 11 is 0. The van der Waals surface area contributed by atoms with E-state index in [4.69, 9.17) is 29.4 Å². The monoisotopic (exact) mass is 1040 g/mol. The molecule has 74 heavy (non-hydrogen) atoms. The topological polar surface area (TPSA) is 184 Å². The Morgan fingerprint density at radius 1 is 0.486 bits per heavy atom.